The van der Waals surface area contributed by atoms with Crippen molar-refractivity contribution < 1.29 is 4.79 Å². The van der Waals surface area contributed by atoms with Crippen molar-refractivity contribution in [2.24, 2.45) is 0 Å². The lowest BCUT2D eigenvalue weighted by Gasteiger charge is -2.03. The first-order valence-electron chi connectivity index (χ1n) is 5.94. The Morgan fingerprint density at radius 3 is 2.58 bits per heavy atom. The molecule has 0 amide bonds. The van der Waals surface area contributed by atoms with Gasteiger partial charge in [-0.05, 0) is 30.2 Å². The zero-order chi connectivity index (χ0) is 13.7. The molecule has 0 aromatic heterocycles. The average Bonchev–Trinajstić information content (AvgIpc) is 2.46. The molecule has 0 spiro atoms. The van der Waals surface area contributed by atoms with Crippen LogP contribution in [0.1, 0.15) is 22.3 Å². The van der Waals surface area contributed by atoms with E-state index in [1.165, 1.54) is 0 Å². The topological polar surface area (TPSA) is 21.4 Å². The third kappa shape index (κ3) is 3.77. The van der Waals surface area contributed by atoms with Crippen LogP contribution in [0.2, 0.25) is 0 Å². The largest absolute Gasteiger partial charge is 0.294 e. The van der Waals surface area contributed by atoms with Crippen molar-refractivity contribution in [1.82, 2.24) is 0 Å². The molecule has 0 aliphatic rings. The van der Waals surface area contributed by atoms with Gasteiger partial charge in [-0.3, -0.25) is 4.79 Å². The standard InChI is InChI=1S/C16H12BrNO/c1-18-15-4-2-3-13(11-15)16(19)10-7-12-5-8-14(17)9-6-12/h2-6,8-9,11H,7,10H2. The van der Waals surface area contributed by atoms with Crippen molar-refractivity contribution in [3.63, 3.8) is 0 Å². The summed E-state index contributed by atoms with van der Waals surface area (Å²) < 4.78 is 1.03. The second-order valence-corrected chi connectivity index (χ2v) is 5.13. The lowest BCUT2D eigenvalue weighted by atomic mass is 10.0. The van der Waals surface area contributed by atoms with Gasteiger partial charge >= 0.3 is 0 Å². The van der Waals surface area contributed by atoms with Crippen LogP contribution in [-0.4, -0.2) is 5.78 Å². The second kappa shape index (κ2) is 6.31. The first-order chi connectivity index (χ1) is 9.19. The number of aryl methyl sites for hydroxylation is 1. The third-order valence-electron chi connectivity index (χ3n) is 2.85. The van der Waals surface area contributed by atoms with Crippen molar-refractivity contribution in [1.29, 1.82) is 0 Å². The Kier molecular flexibility index (Phi) is 4.48. The van der Waals surface area contributed by atoms with Crippen LogP contribution >= 0.6 is 15.9 Å². The molecule has 0 heterocycles. The fourth-order valence-corrected chi connectivity index (χ4v) is 2.07. The second-order valence-electron chi connectivity index (χ2n) is 4.21. The predicted octanol–water partition coefficient (Wildman–Crippen LogP) is 4.82. The summed E-state index contributed by atoms with van der Waals surface area (Å²) in [7, 11) is 0. The van der Waals surface area contributed by atoms with Gasteiger partial charge < -0.3 is 0 Å². The minimum atomic E-state index is 0.0772. The van der Waals surface area contributed by atoms with Gasteiger partial charge in [0.15, 0.2) is 11.5 Å². The van der Waals surface area contributed by atoms with Gasteiger partial charge in [0.1, 0.15) is 0 Å². The van der Waals surface area contributed by atoms with Crippen LogP contribution in [0.3, 0.4) is 0 Å². The number of Topliss-reactive ketones (excluding diaryl/α,β-unsaturated/α-hetero) is 1. The monoisotopic (exact) mass is 313 g/mol. The van der Waals surface area contributed by atoms with Gasteiger partial charge in [0.25, 0.3) is 0 Å². The minimum absolute atomic E-state index is 0.0772. The van der Waals surface area contributed by atoms with E-state index in [-0.39, 0.29) is 5.78 Å². The molecule has 0 saturated heterocycles. The summed E-state index contributed by atoms with van der Waals surface area (Å²) in [5, 5.41) is 0. The van der Waals surface area contributed by atoms with Crippen LogP contribution in [0.5, 0.6) is 0 Å². The number of carbonyl (C=O) groups is 1. The van der Waals surface area contributed by atoms with E-state index in [0.29, 0.717) is 24.1 Å². The molecule has 0 fully saturated rings. The molecule has 3 heteroatoms. The predicted molar refractivity (Wildman–Crippen MR) is 79.5 cm³/mol. The average molecular weight is 314 g/mol. The summed E-state index contributed by atoms with van der Waals surface area (Å²) in [6.07, 6.45) is 1.18. The normalized spacial score (nSPS) is 9.89. The molecule has 0 aliphatic carbocycles. The van der Waals surface area contributed by atoms with Crippen molar-refractivity contribution in [3.8, 4) is 0 Å². The highest BCUT2D eigenvalue weighted by Gasteiger charge is 2.06. The summed E-state index contributed by atoms with van der Waals surface area (Å²) in [6.45, 7) is 6.95. The molecular formula is C16H12BrNO. The molecule has 19 heavy (non-hydrogen) atoms. The number of carbonyl (C=O) groups excluding carboxylic acids is 1. The quantitative estimate of drug-likeness (QED) is 0.586. The molecule has 0 aliphatic heterocycles. The van der Waals surface area contributed by atoms with Gasteiger partial charge in [0.2, 0.25) is 0 Å². The molecule has 2 aromatic carbocycles. The highest BCUT2D eigenvalue weighted by molar-refractivity contribution is 9.10. The molecule has 2 rings (SSSR count). The van der Waals surface area contributed by atoms with Crippen molar-refractivity contribution in [2.75, 3.05) is 0 Å². The first kappa shape index (κ1) is 13.5. The number of rotatable bonds is 4. The number of hydrogen-bond donors (Lipinski definition) is 0. The van der Waals surface area contributed by atoms with Crippen molar-refractivity contribution in [3.05, 3.63) is 75.5 Å². The summed E-state index contributed by atoms with van der Waals surface area (Å²) in [5.41, 5.74) is 2.26. The molecule has 2 nitrogen and oxygen atoms in total. The molecule has 0 bridgehead atoms. The van der Waals surface area contributed by atoms with E-state index in [1.807, 2.05) is 24.3 Å². The third-order valence-corrected chi connectivity index (χ3v) is 3.38. The molecule has 0 atom stereocenters. The van der Waals surface area contributed by atoms with E-state index >= 15 is 0 Å². The van der Waals surface area contributed by atoms with Crippen molar-refractivity contribution in [2.45, 2.75) is 12.8 Å². The molecule has 0 saturated carbocycles. The van der Waals surface area contributed by atoms with E-state index in [9.17, 15) is 4.79 Å². The maximum Gasteiger partial charge on any atom is 0.187 e. The van der Waals surface area contributed by atoms with Crippen LogP contribution < -0.4 is 0 Å². The lowest BCUT2D eigenvalue weighted by Crippen LogP contribution is -2.00. The number of benzene rings is 2. The zero-order valence-electron chi connectivity index (χ0n) is 10.3. The van der Waals surface area contributed by atoms with Crippen LogP contribution in [0.4, 0.5) is 5.69 Å². The van der Waals surface area contributed by atoms with Gasteiger partial charge in [-0.15, -0.1) is 0 Å². The van der Waals surface area contributed by atoms with E-state index in [1.54, 1.807) is 24.3 Å². The maximum absolute atomic E-state index is 12.0. The Balaban J connectivity index is 2.01. The Bertz CT molecular complexity index is 626. The van der Waals surface area contributed by atoms with Crippen LogP contribution in [0.15, 0.2) is 53.0 Å². The number of halogens is 1. The number of hydrogen-bond acceptors (Lipinski definition) is 1. The highest BCUT2D eigenvalue weighted by Crippen LogP contribution is 2.17. The smallest absolute Gasteiger partial charge is 0.187 e. The molecule has 0 unspecified atom stereocenters. The molecule has 0 radical (unpaired) electrons. The molecule has 2 aromatic rings. The molecule has 0 N–H and O–H groups in total. The number of ketones is 1. The lowest BCUT2D eigenvalue weighted by molar-refractivity contribution is 0.0983. The van der Waals surface area contributed by atoms with Gasteiger partial charge in [0.05, 0.1) is 6.57 Å². The molecular weight excluding hydrogens is 302 g/mol. The fourth-order valence-electron chi connectivity index (χ4n) is 1.80. The van der Waals surface area contributed by atoms with E-state index in [2.05, 4.69) is 20.8 Å². The summed E-state index contributed by atoms with van der Waals surface area (Å²) in [4.78, 5) is 15.4. The van der Waals surface area contributed by atoms with Crippen LogP contribution in [0, 0.1) is 6.57 Å². The first-order valence-corrected chi connectivity index (χ1v) is 6.73. The van der Waals surface area contributed by atoms with E-state index in [0.717, 1.165) is 10.0 Å². The molecule has 94 valence electrons. The highest BCUT2D eigenvalue weighted by atomic mass is 79.9. The Hall–Kier alpha value is -1.92. The van der Waals surface area contributed by atoms with E-state index in [4.69, 9.17) is 6.57 Å². The summed E-state index contributed by atoms with van der Waals surface area (Å²) >= 11 is 3.38. The summed E-state index contributed by atoms with van der Waals surface area (Å²) in [5.74, 6) is 0.0772. The van der Waals surface area contributed by atoms with Crippen LogP contribution in [-0.2, 0) is 6.42 Å². The van der Waals surface area contributed by atoms with Gasteiger partial charge in [-0.1, -0.05) is 46.3 Å². The van der Waals surface area contributed by atoms with Crippen LogP contribution in [0.25, 0.3) is 4.85 Å². The van der Waals surface area contributed by atoms with Crippen molar-refractivity contribution >= 4 is 27.4 Å². The minimum Gasteiger partial charge on any atom is -0.294 e. The van der Waals surface area contributed by atoms with Gasteiger partial charge in [0, 0.05) is 16.5 Å². The Morgan fingerprint density at radius 1 is 1.16 bits per heavy atom. The number of nitrogens with zero attached hydrogens (tertiary/aromatic N) is 1. The van der Waals surface area contributed by atoms with Gasteiger partial charge in [-0.2, -0.15) is 0 Å². The Morgan fingerprint density at radius 2 is 1.89 bits per heavy atom. The SMILES string of the molecule is [C-]#[N+]c1cccc(C(=O)CCc2ccc(Br)cc2)c1. The van der Waals surface area contributed by atoms with E-state index < -0.39 is 0 Å². The summed E-state index contributed by atoms with van der Waals surface area (Å²) in [6, 6.07) is 14.8. The Labute approximate surface area is 121 Å². The fraction of sp³-hybridized carbons (Fsp3) is 0.125. The van der Waals surface area contributed by atoms with Gasteiger partial charge in [-0.25, -0.2) is 4.85 Å². The maximum atomic E-state index is 12.0. The zero-order valence-corrected chi connectivity index (χ0v) is 11.9.